The molecule has 1 amide bonds. The van der Waals surface area contributed by atoms with Gasteiger partial charge in [0.15, 0.2) is 0 Å². The van der Waals surface area contributed by atoms with Crippen LogP contribution in [0.5, 0.6) is 0 Å². The Bertz CT molecular complexity index is 680. The van der Waals surface area contributed by atoms with E-state index in [0.717, 1.165) is 43.1 Å². The van der Waals surface area contributed by atoms with Gasteiger partial charge < -0.3 is 10.2 Å². The highest BCUT2D eigenvalue weighted by Crippen LogP contribution is 2.18. The number of likely N-dealkylation sites (tertiary alicyclic amines) is 1. The molecular formula is C18H25N5O. The fourth-order valence-corrected chi connectivity index (χ4v) is 3.34. The van der Waals surface area contributed by atoms with Crippen LogP contribution in [-0.2, 0) is 11.2 Å². The molecule has 1 atom stereocenters. The second-order valence-corrected chi connectivity index (χ2v) is 6.45. The lowest BCUT2D eigenvalue weighted by atomic mass is 9.97. The standard InChI is InChI=1S/C18H25N5O/c1-14-17(20-21-23(14)16-8-4-3-5-9-16)11-18(24)22-10-6-7-15(13-22)12-19-2/h3-5,8-9,15,19H,6-7,10-13H2,1-2H3. The van der Waals surface area contributed by atoms with Crippen molar-refractivity contribution in [1.82, 2.24) is 25.2 Å². The highest BCUT2D eigenvalue weighted by atomic mass is 16.2. The first-order chi connectivity index (χ1) is 11.7. The summed E-state index contributed by atoms with van der Waals surface area (Å²) < 4.78 is 1.79. The number of aromatic nitrogens is 3. The fraction of sp³-hybridized carbons (Fsp3) is 0.500. The molecule has 6 heteroatoms. The number of hydrogen-bond donors (Lipinski definition) is 1. The van der Waals surface area contributed by atoms with Crippen LogP contribution in [0.4, 0.5) is 0 Å². The van der Waals surface area contributed by atoms with E-state index in [9.17, 15) is 4.79 Å². The zero-order valence-corrected chi connectivity index (χ0v) is 14.4. The van der Waals surface area contributed by atoms with Crippen LogP contribution in [0.25, 0.3) is 5.69 Å². The summed E-state index contributed by atoms with van der Waals surface area (Å²) in [5.41, 5.74) is 2.66. The van der Waals surface area contributed by atoms with E-state index >= 15 is 0 Å². The first-order valence-corrected chi connectivity index (χ1v) is 8.58. The largest absolute Gasteiger partial charge is 0.342 e. The minimum absolute atomic E-state index is 0.152. The van der Waals surface area contributed by atoms with Crippen LogP contribution in [0, 0.1) is 12.8 Å². The van der Waals surface area contributed by atoms with Crippen LogP contribution in [0.1, 0.15) is 24.2 Å². The molecule has 1 aromatic carbocycles. The lowest BCUT2D eigenvalue weighted by Crippen LogP contribution is -2.43. The lowest BCUT2D eigenvalue weighted by Gasteiger charge is -2.32. The van der Waals surface area contributed by atoms with Crippen LogP contribution in [-0.4, -0.2) is 52.5 Å². The van der Waals surface area contributed by atoms with Gasteiger partial charge in [-0.05, 0) is 51.4 Å². The molecule has 0 bridgehead atoms. The molecular weight excluding hydrogens is 302 g/mol. The van der Waals surface area contributed by atoms with Crippen LogP contribution in [0.15, 0.2) is 30.3 Å². The van der Waals surface area contributed by atoms with Crippen molar-refractivity contribution >= 4 is 5.91 Å². The average Bonchev–Trinajstić information content (AvgIpc) is 2.97. The van der Waals surface area contributed by atoms with Crippen LogP contribution >= 0.6 is 0 Å². The Morgan fingerprint density at radius 2 is 2.12 bits per heavy atom. The molecule has 1 fully saturated rings. The van der Waals surface area contributed by atoms with Crippen molar-refractivity contribution in [3.05, 3.63) is 41.7 Å². The Labute approximate surface area is 142 Å². The van der Waals surface area contributed by atoms with Gasteiger partial charge in [0.05, 0.1) is 23.5 Å². The second-order valence-electron chi connectivity index (χ2n) is 6.45. The Morgan fingerprint density at radius 3 is 2.88 bits per heavy atom. The summed E-state index contributed by atoms with van der Waals surface area (Å²) in [6, 6.07) is 9.88. The highest BCUT2D eigenvalue weighted by Gasteiger charge is 2.24. The van der Waals surface area contributed by atoms with Crippen LogP contribution in [0.3, 0.4) is 0 Å². The Hall–Kier alpha value is -2.21. The molecule has 24 heavy (non-hydrogen) atoms. The fourth-order valence-electron chi connectivity index (χ4n) is 3.34. The van der Waals surface area contributed by atoms with Crippen molar-refractivity contribution in [1.29, 1.82) is 0 Å². The van der Waals surface area contributed by atoms with Gasteiger partial charge in [-0.15, -0.1) is 5.10 Å². The van der Waals surface area contributed by atoms with Gasteiger partial charge in [-0.1, -0.05) is 23.4 Å². The number of hydrogen-bond acceptors (Lipinski definition) is 4. The zero-order chi connectivity index (χ0) is 16.9. The molecule has 2 heterocycles. The number of piperidine rings is 1. The Kier molecular flexibility index (Phi) is 5.25. The summed E-state index contributed by atoms with van der Waals surface area (Å²) in [6.07, 6.45) is 2.59. The smallest absolute Gasteiger partial charge is 0.228 e. The van der Waals surface area contributed by atoms with E-state index in [1.807, 2.05) is 49.2 Å². The van der Waals surface area contributed by atoms with E-state index in [4.69, 9.17) is 0 Å². The average molecular weight is 327 g/mol. The first-order valence-electron chi connectivity index (χ1n) is 8.58. The van der Waals surface area contributed by atoms with Crippen molar-refractivity contribution in [2.45, 2.75) is 26.2 Å². The van der Waals surface area contributed by atoms with Crippen molar-refractivity contribution in [3.8, 4) is 5.69 Å². The summed E-state index contributed by atoms with van der Waals surface area (Å²) in [5, 5.41) is 11.7. The SMILES string of the molecule is CNCC1CCCN(C(=O)Cc2nnn(-c3ccccc3)c2C)C1. The number of rotatable bonds is 5. The van der Waals surface area contributed by atoms with Crippen LogP contribution in [0.2, 0.25) is 0 Å². The predicted molar refractivity (Wildman–Crippen MR) is 93.0 cm³/mol. The van der Waals surface area contributed by atoms with Gasteiger partial charge in [-0.3, -0.25) is 4.79 Å². The predicted octanol–water partition coefficient (Wildman–Crippen LogP) is 1.58. The Balaban J connectivity index is 1.68. The summed E-state index contributed by atoms with van der Waals surface area (Å²) >= 11 is 0. The van der Waals surface area contributed by atoms with Crippen molar-refractivity contribution in [2.75, 3.05) is 26.7 Å². The number of carbonyl (C=O) groups is 1. The molecule has 6 nitrogen and oxygen atoms in total. The van der Waals surface area contributed by atoms with Gasteiger partial charge in [0, 0.05) is 13.1 Å². The summed E-state index contributed by atoms with van der Waals surface area (Å²) in [4.78, 5) is 14.6. The number of carbonyl (C=O) groups excluding carboxylic acids is 1. The Morgan fingerprint density at radius 1 is 1.33 bits per heavy atom. The molecule has 1 aliphatic heterocycles. The third-order valence-corrected chi connectivity index (χ3v) is 4.67. The number of para-hydroxylation sites is 1. The lowest BCUT2D eigenvalue weighted by molar-refractivity contribution is -0.132. The van der Waals surface area contributed by atoms with E-state index < -0.39 is 0 Å². The maximum absolute atomic E-state index is 12.6. The molecule has 0 aliphatic carbocycles. The molecule has 1 saturated heterocycles. The first kappa shape index (κ1) is 16.6. The molecule has 1 unspecified atom stereocenters. The summed E-state index contributed by atoms with van der Waals surface area (Å²) in [5.74, 6) is 0.702. The molecule has 1 aromatic heterocycles. The third kappa shape index (κ3) is 3.64. The van der Waals surface area contributed by atoms with Crippen molar-refractivity contribution < 1.29 is 4.79 Å². The maximum Gasteiger partial charge on any atom is 0.228 e. The van der Waals surface area contributed by atoms with Gasteiger partial charge in [0.25, 0.3) is 0 Å². The van der Waals surface area contributed by atoms with Gasteiger partial charge >= 0.3 is 0 Å². The summed E-state index contributed by atoms with van der Waals surface area (Å²) in [7, 11) is 1.96. The van der Waals surface area contributed by atoms with E-state index in [-0.39, 0.29) is 5.91 Å². The zero-order valence-electron chi connectivity index (χ0n) is 14.4. The highest BCUT2D eigenvalue weighted by molar-refractivity contribution is 5.78. The minimum Gasteiger partial charge on any atom is -0.342 e. The molecule has 2 aromatic rings. The van der Waals surface area contributed by atoms with E-state index in [0.29, 0.717) is 12.3 Å². The normalized spacial score (nSPS) is 17.9. The number of amides is 1. The molecule has 1 N–H and O–H groups in total. The molecule has 3 rings (SSSR count). The topological polar surface area (TPSA) is 63.1 Å². The molecule has 0 saturated carbocycles. The molecule has 0 radical (unpaired) electrons. The molecule has 0 spiro atoms. The second kappa shape index (κ2) is 7.57. The van der Waals surface area contributed by atoms with Crippen molar-refractivity contribution in [3.63, 3.8) is 0 Å². The minimum atomic E-state index is 0.152. The van der Waals surface area contributed by atoms with Crippen LogP contribution < -0.4 is 5.32 Å². The van der Waals surface area contributed by atoms with E-state index in [1.165, 1.54) is 6.42 Å². The van der Waals surface area contributed by atoms with Gasteiger partial charge in [-0.25, -0.2) is 4.68 Å². The molecule has 1 aliphatic rings. The number of nitrogens with zero attached hydrogens (tertiary/aromatic N) is 4. The van der Waals surface area contributed by atoms with Gasteiger partial charge in [0.2, 0.25) is 5.91 Å². The monoisotopic (exact) mass is 327 g/mol. The number of nitrogens with one attached hydrogen (secondary N) is 1. The molecule has 128 valence electrons. The quantitative estimate of drug-likeness (QED) is 0.905. The van der Waals surface area contributed by atoms with Crippen molar-refractivity contribution in [2.24, 2.45) is 5.92 Å². The van der Waals surface area contributed by atoms with E-state index in [1.54, 1.807) is 4.68 Å². The van der Waals surface area contributed by atoms with E-state index in [2.05, 4.69) is 15.6 Å². The van der Waals surface area contributed by atoms with Gasteiger partial charge in [0.1, 0.15) is 0 Å². The number of benzene rings is 1. The summed E-state index contributed by atoms with van der Waals surface area (Å²) in [6.45, 7) is 4.62. The third-order valence-electron chi connectivity index (χ3n) is 4.67. The van der Waals surface area contributed by atoms with Gasteiger partial charge in [-0.2, -0.15) is 0 Å². The maximum atomic E-state index is 12.6.